The average molecular weight is 292 g/mol. The molecular weight excluding hydrogens is 264 g/mol. The van der Waals surface area contributed by atoms with E-state index in [1.165, 1.54) is 0 Å². The summed E-state index contributed by atoms with van der Waals surface area (Å²) in [7, 11) is 3.53. The molecule has 2 heterocycles. The van der Waals surface area contributed by atoms with Crippen LogP contribution < -0.4 is 0 Å². The Morgan fingerprint density at radius 1 is 1.33 bits per heavy atom. The van der Waals surface area contributed by atoms with Crippen molar-refractivity contribution in [2.24, 2.45) is 5.92 Å². The average Bonchev–Trinajstić information content (AvgIpc) is 2.70. The Labute approximate surface area is 127 Å². The van der Waals surface area contributed by atoms with Crippen LogP contribution in [0.5, 0.6) is 0 Å². The van der Waals surface area contributed by atoms with Gasteiger partial charge < -0.3 is 4.90 Å². The Hall–Kier alpha value is -1.36. The van der Waals surface area contributed by atoms with Crippen molar-refractivity contribution in [3.63, 3.8) is 0 Å². The highest BCUT2D eigenvalue weighted by Crippen LogP contribution is 2.25. The number of rotatable bonds is 3. The largest absolute Gasteiger partial charge is 0.343 e. The van der Waals surface area contributed by atoms with Gasteiger partial charge in [0.05, 0.1) is 5.69 Å². The van der Waals surface area contributed by atoms with Gasteiger partial charge in [-0.05, 0) is 32.3 Å². The fourth-order valence-electron chi connectivity index (χ4n) is 3.12. The molecule has 1 amide bonds. The molecule has 21 heavy (non-hydrogen) atoms. The van der Waals surface area contributed by atoms with Crippen molar-refractivity contribution < 1.29 is 4.79 Å². The van der Waals surface area contributed by atoms with Crippen LogP contribution in [0.3, 0.4) is 0 Å². The minimum absolute atomic E-state index is 0.0212. The standard InChI is InChI=1S/C16H28N4O/c1-11(2)15-7-8-20-13(10-19(15)12(3)4)9-14(17-20)16(21)18(5)6/h9,11-12,15H,7-8,10H2,1-6H3. The third-order valence-electron chi connectivity index (χ3n) is 4.33. The number of carbonyl (C=O) groups is 1. The lowest BCUT2D eigenvalue weighted by molar-refractivity contribution is 0.0820. The van der Waals surface area contributed by atoms with E-state index in [-0.39, 0.29) is 5.91 Å². The van der Waals surface area contributed by atoms with E-state index in [1.54, 1.807) is 19.0 Å². The third kappa shape index (κ3) is 3.28. The monoisotopic (exact) mass is 292 g/mol. The first-order valence-corrected chi connectivity index (χ1v) is 7.85. The van der Waals surface area contributed by atoms with E-state index in [4.69, 9.17) is 0 Å². The van der Waals surface area contributed by atoms with Gasteiger partial charge in [0, 0.05) is 39.3 Å². The van der Waals surface area contributed by atoms with Crippen molar-refractivity contribution >= 4 is 5.91 Å². The fourth-order valence-corrected chi connectivity index (χ4v) is 3.12. The molecule has 0 bridgehead atoms. The van der Waals surface area contributed by atoms with Gasteiger partial charge in [0.15, 0.2) is 5.69 Å². The molecule has 2 rings (SSSR count). The molecule has 1 atom stereocenters. The van der Waals surface area contributed by atoms with Gasteiger partial charge >= 0.3 is 0 Å². The molecule has 5 heteroatoms. The minimum Gasteiger partial charge on any atom is -0.343 e. The molecule has 1 unspecified atom stereocenters. The van der Waals surface area contributed by atoms with Crippen molar-refractivity contribution in [1.82, 2.24) is 19.6 Å². The van der Waals surface area contributed by atoms with Crippen LogP contribution in [0.2, 0.25) is 0 Å². The lowest BCUT2D eigenvalue weighted by Gasteiger charge is -2.35. The molecule has 0 N–H and O–H groups in total. The summed E-state index contributed by atoms with van der Waals surface area (Å²) in [5.74, 6) is 0.604. The maximum atomic E-state index is 12.1. The number of hydrogen-bond acceptors (Lipinski definition) is 3. The number of amides is 1. The van der Waals surface area contributed by atoms with Crippen LogP contribution in [0.25, 0.3) is 0 Å². The first kappa shape index (κ1) is 16.0. The molecule has 1 aromatic heterocycles. The lowest BCUT2D eigenvalue weighted by Crippen LogP contribution is -2.42. The van der Waals surface area contributed by atoms with E-state index in [0.717, 1.165) is 25.2 Å². The predicted molar refractivity (Wildman–Crippen MR) is 84.2 cm³/mol. The Balaban J connectivity index is 2.28. The second-order valence-corrected chi connectivity index (χ2v) is 6.81. The minimum atomic E-state index is -0.0212. The zero-order valence-corrected chi connectivity index (χ0v) is 14.1. The predicted octanol–water partition coefficient (Wildman–Crippen LogP) is 2.22. The summed E-state index contributed by atoms with van der Waals surface area (Å²) >= 11 is 0. The molecule has 0 aliphatic carbocycles. The van der Waals surface area contributed by atoms with Crippen LogP contribution in [-0.4, -0.2) is 51.7 Å². The maximum absolute atomic E-state index is 12.1. The van der Waals surface area contributed by atoms with Gasteiger partial charge in [-0.2, -0.15) is 5.10 Å². The van der Waals surface area contributed by atoms with Crippen LogP contribution in [-0.2, 0) is 13.1 Å². The van der Waals surface area contributed by atoms with E-state index in [2.05, 4.69) is 37.7 Å². The number of aryl methyl sites for hydroxylation is 1. The van der Waals surface area contributed by atoms with Crippen LogP contribution in [0.4, 0.5) is 0 Å². The van der Waals surface area contributed by atoms with Gasteiger partial charge in [-0.3, -0.25) is 14.4 Å². The van der Waals surface area contributed by atoms with Gasteiger partial charge in [0.2, 0.25) is 0 Å². The summed E-state index contributed by atoms with van der Waals surface area (Å²) in [5.41, 5.74) is 1.71. The van der Waals surface area contributed by atoms with Crippen LogP contribution >= 0.6 is 0 Å². The molecule has 5 nitrogen and oxygen atoms in total. The molecule has 1 aliphatic rings. The molecular formula is C16H28N4O. The van der Waals surface area contributed by atoms with Crippen LogP contribution in [0, 0.1) is 5.92 Å². The number of nitrogens with zero attached hydrogens (tertiary/aromatic N) is 4. The van der Waals surface area contributed by atoms with E-state index in [1.807, 2.05) is 10.7 Å². The smallest absolute Gasteiger partial charge is 0.273 e. The van der Waals surface area contributed by atoms with Crippen LogP contribution in [0.15, 0.2) is 6.07 Å². The highest BCUT2D eigenvalue weighted by molar-refractivity contribution is 5.92. The Morgan fingerprint density at radius 2 is 2.00 bits per heavy atom. The number of aromatic nitrogens is 2. The van der Waals surface area contributed by atoms with Gasteiger partial charge in [-0.1, -0.05) is 13.8 Å². The number of hydrogen-bond donors (Lipinski definition) is 0. The number of carbonyl (C=O) groups excluding carboxylic acids is 1. The van der Waals surface area contributed by atoms with Crippen molar-refractivity contribution in [2.45, 2.75) is 59.3 Å². The Bertz CT molecular complexity index is 504. The Kier molecular flexibility index (Phi) is 4.71. The quantitative estimate of drug-likeness (QED) is 0.858. The van der Waals surface area contributed by atoms with Crippen molar-refractivity contribution in [3.05, 3.63) is 17.5 Å². The SMILES string of the molecule is CC(C)C1CCn2nc(C(=O)N(C)C)cc2CN1C(C)C. The van der Waals surface area contributed by atoms with Crippen LogP contribution in [0.1, 0.15) is 50.3 Å². The van der Waals surface area contributed by atoms with Gasteiger partial charge in [-0.25, -0.2) is 0 Å². The molecule has 0 fully saturated rings. The summed E-state index contributed by atoms with van der Waals surface area (Å²) in [6.07, 6.45) is 1.08. The molecule has 0 saturated heterocycles. The first-order valence-electron chi connectivity index (χ1n) is 7.85. The normalized spacial score (nSPS) is 19.7. The molecule has 0 aromatic carbocycles. The second-order valence-electron chi connectivity index (χ2n) is 6.81. The van der Waals surface area contributed by atoms with Crippen molar-refractivity contribution in [3.8, 4) is 0 Å². The highest BCUT2D eigenvalue weighted by Gasteiger charge is 2.29. The zero-order valence-electron chi connectivity index (χ0n) is 14.1. The van der Waals surface area contributed by atoms with E-state index in [9.17, 15) is 4.79 Å². The number of fused-ring (bicyclic) bond motifs is 1. The zero-order chi connectivity index (χ0) is 15.7. The maximum Gasteiger partial charge on any atom is 0.273 e. The van der Waals surface area contributed by atoms with E-state index in [0.29, 0.717) is 23.7 Å². The van der Waals surface area contributed by atoms with Gasteiger partial charge in [0.25, 0.3) is 5.91 Å². The molecule has 0 radical (unpaired) electrons. The molecule has 0 spiro atoms. The van der Waals surface area contributed by atoms with Gasteiger partial charge in [-0.15, -0.1) is 0 Å². The van der Waals surface area contributed by atoms with E-state index >= 15 is 0 Å². The topological polar surface area (TPSA) is 41.4 Å². The summed E-state index contributed by atoms with van der Waals surface area (Å²) in [6, 6.07) is 3.02. The molecule has 1 aliphatic heterocycles. The molecule has 0 saturated carbocycles. The van der Waals surface area contributed by atoms with Crippen molar-refractivity contribution in [1.29, 1.82) is 0 Å². The lowest BCUT2D eigenvalue weighted by atomic mass is 9.98. The summed E-state index contributed by atoms with van der Waals surface area (Å²) in [6.45, 7) is 10.8. The summed E-state index contributed by atoms with van der Waals surface area (Å²) < 4.78 is 2.02. The summed E-state index contributed by atoms with van der Waals surface area (Å²) in [4.78, 5) is 16.2. The molecule has 1 aromatic rings. The van der Waals surface area contributed by atoms with Crippen molar-refractivity contribution in [2.75, 3.05) is 14.1 Å². The summed E-state index contributed by atoms with van der Waals surface area (Å²) in [5, 5.41) is 4.52. The third-order valence-corrected chi connectivity index (χ3v) is 4.33. The highest BCUT2D eigenvalue weighted by atomic mass is 16.2. The second kappa shape index (κ2) is 6.18. The molecule has 118 valence electrons. The van der Waals surface area contributed by atoms with Gasteiger partial charge in [0.1, 0.15) is 0 Å². The van der Waals surface area contributed by atoms with E-state index < -0.39 is 0 Å². The Morgan fingerprint density at radius 3 is 2.52 bits per heavy atom. The fraction of sp³-hybridized carbons (Fsp3) is 0.750. The first-order chi connectivity index (χ1) is 9.81.